The van der Waals surface area contributed by atoms with Crippen molar-refractivity contribution in [3.8, 4) is 0 Å². The number of anilines is 8. The summed E-state index contributed by atoms with van der Waals surface area (Å²) < 4.78 is 175. The number of aromatic nitrogens is 4. The highest BCUT2D eigenvalue weighted by Gasteiger charge is 2.49. The Balaban J connectivity index is 1.42. The third kappa shape index (κ3) is 7.17. The summed E-state index contributed by atoms with van der Waals surface area (Å²) in [6.45, 7) is 0. The maximum atomic E-state index is 14.6. The monoisotopic (exact) mass is 916 g/mol. The highest BCUT2D eigenvalue weighted by Crippen LogP contribution is 2.57. The number of hydrogen-bond acceptors (Lipinski definition) is 8. The maximum absolute atomic E-state index is 14.6. The molecule has 0 amide bonds. The lowest BCUT2D eigenvalue weighted by molar-refractivity contribution is -0.138. The molecule has 0 atom stereocenters. The first-order chi connectivity index (χ1) is 31.3. The van der Waals surface area contributed by atoms with Crippen LogP contribution >= 0.6 is 0 Å². The zero-order chi connectivity index (χ0) is 46.5. The number of fused-ring (bicyclic) bond motifs is 4. The van der Waals surface area contributed by atoms with Crippen molar-refractivity contribution in [3.63, 3.8) is 0 Å². The van der Waals surface area contributed by atoms with Gasteiger partial charge in [0.15, 0.2) is 34.9 Å². The molecule has 0 fully saturated rings. The van der Waals surface area contributed by atoms with Crippen molar-refractivity contribution in [2.75, 3.05) is 19.6 Å². The molecule has 0 spiro atoms. The van der Waals surface area contributed by atoms with E-state index in [0.717, 1.165) is 68.1 Å². The molecular weight excluding hydrogens is 893 g/mol. The predicted octanol–water partition coefficient (Wildman–Crippen LogP) is 14.1. The summed E-state index contributed by atoms with van der Waals surface area (Å²) >= 11 is 0. The van der Waals surface area contributed by atoms with Crippen molar-refractivity contribution in [1.29, 1.82) is 0 Å². The second-order valence-electron chi connectivity index (χ2n) is 14.9. The van der Waals surface area contributed by atoms with Gasteiger partial charge in [0.2, 0.25) is 0 Å². The van der Waals surface area contributed by atoms with Crippen LogP contribution in [-0.2, 0) is 24.7 Å². The van der Waals surface area contributed by atoms with Crippen LogP contribution in [0.15, 0.2) is 157 Å². The molecule has 0 saturated carbocycles. The highest BCUT2D eigenvalue weighted by atomic mass is 19.4. The van der Waals surface area contributed by atoms with Crippen molar-refractivity contribution in [2.24, 2.45) is 0 Å². The highest BCUT2D eigenvalue weighted by molar-refractivity contribution is 5.99. The lowest BCUT2D eigenvalue weighted by Crippen LogP contribution is -2.34. The zero-order valence-corrected chi connectivity index (χ0v) is 33.0. The molecule has 2 aromatic heterocycles. The van der Waals surface area contributed by atoms with Gasteiger partial charge in [-0.15, -0.1) is 0 Å². The quantitative estimate of drug-likeness (QED) is 0.162. The number of nitrogens with zero attached hydrogens (tertiary/aromatic N) is 8. The molecule has 332 valence electrons. The van der Waals surface area contributed by atoms with E-state index >= 15 is 0 Å². The van der Waals surface area contributed by atoms with Crippen LogP contribution in [0, 0.1) is 0 Å². The van der Waals surface area contributed by atoms with Crippen molar-refractivity contribution < 1.29 is 52.7 Å². The Kier molecular flexibility index (Phi) is 9.45. The summed E-state index contributed by atoms with van der Waals surface area (Å²) in [5.74, 6) is -1.99. The van der Waals surface area contributed by atoms with Crippen molar-refractivity contribution in [1.82, 2.24) is 19.9 Å². The van der Waals surface area contributed by atoms with E-state index < -0.39 is 58.6 Å². The lowest BCUT2D eigenvalue weighted by atomic mass is 10.1. The van der Waals surface area contributed by atoms with Crippen LogP contribution in [0.2, 0.25) is 0 Å². The summed E-state index contributed by atoms with van der Waals surface area (Å²) in [7, 11) is 0. The minimum atomic E-state index is -4.96. The molecule has 2 aliphatic heterocycles. The third-order valence-electron chi connectivity index (χ3n) is 10.7. The minimum Gasteiger partial charge on any atom is -0.274 e. The van der Waals surface area contributed by atoms with Gasteiger partial charge < -0.3 is 0 Å². The van der Waals surface area contributed by atoms with Crippen LogP contribution in [0.3, 0.4) is 0 Å². The molecule has 0 saturated heterocycles. The lowest BCUT2D eigenvalue weighted by Gasteiger charge is -2.33. The molecule has 20 heteroatoms. The Morgan fingerprint density at radius 3 is 0.682 bits per heavy atom. The fraction of sp³-hybridized carbons (Fsp3) is 0.0870. The van der Waals surface area contributed by atoms with Crippen molar-refractivity contribution in [3.05, 3.63) is 179 Å². The van der Waals surface area contributed by atoms with E-state index in [1.54, 1.807) is 24.3 Å². The molecule has 8 nitrogen and oxygen atoms in total. The number of halogens is 12. The van der Waals surface area contributed by atoms with Crippen LogP contribution in [-0.4, -0.2) is 19.9 Å². The molecule has 0 bridgehead atoms. The SMILES string of the molecule is FC(F)(F)c1cccc(N2C(=C3N(c4cccc(C(F)(F)F)c4)c4nc5ccccc5nc4N3c3cccc(C(F)(F)F)c3)N(c3cccc(C(F)(F)F)c3)c3nc4ccccc4nc32)c1. The first-order valence-electron chi connectivity index (χ1n) is 19.4. The van der Waals surface area contributed by atoms with E-state index in [-0.39, 0.29) is 68.1 Å². The summed E-state index contributed by atoms with van der Waals surface area (Å²) in [5.41, 5.74) is -5.42. The third-order valence-corrected chi connectivity index (χ3v) is 10.7. The Bertz CT molecular complexity index is 2840. The van der Waals surface area contributed by atoms with Gasteiger partial charge in [-0.05, 0) is 97.1 Å². The summed E-state index contributed by atoms with van der Waals surface area (Å²) in [5, 5.41) is 0. The Morgan fingerprint density at radius 1 is 0.273 bits per heavy atom. The average molecular weight is 917 g/mol. The second-order valence-corrected chi connectivity index (χ2v) is 14.9. The van der Waals surface area contributed by atoms with E-state index in [4.69, 9.17) is 19.9 Å². The largest absolute Gasteiger partial charge is 0.416 e. The number of hydrogen-bond donors (Lipinski definition) is 0. The molecule has 66 heavy (non-hydrogen) atoms. The van der Waals surface area contributed by atoms with Crippen molar-refractivity contribution in [2.45, 2.75) is 24.7 Å². The average Bonchev–Trinajstić information content (AvgIpc) is 3.78. The fourth-order valence-corrected chi connectivity index (χ4v) is 7.83. The molecule has 0 radical (unpaired) electrons. The summed E-state index contributed by atoms with van der Waals surface area (Å²) in [6.07, 6.45) is -19.9. The molecule has 8 aromatic rings. The van der Waals surface area contributed by atoms with Gasteiger partial charge in [-0.2, -0.15) is 52.7 Å². The molecule has 2 aliphatic rings. The van der Waals surface area contributed by atoms with Crippen molar-refractivity contribution >= 4 is 68.1 Å². The molecule has 0 unspecified atom stereocenters. The van der Waals surface area contributed by atoms with E-state index in [0.29, 0.717) is 24.3 Å². The van der Waals surface area contributed by atoms with Crippen LogP contribution in [0.4, 0.5) is 98.7 Å². The topological polar surface area (TPSA) is 64.5 Å². The number of benzene rings is 6. The van der Waals surface area contributed by atoms with Crippen LogP contribution in [0.5, 0.6) is 0 Å². The Labute approximate surface area is 363 Å². The van der Waals surface area contributed by atoms with Gasteiger partial charge in [-0.1, -0.05) is 48.5 Å². The van der Waals surface area contributed by atoms with E-state index in [1.165, 1.54) is 48.5 Å². The van der Waals surface area contributed by atoms with Gasteiger partial charge >= 0.3 is 24.7 Å². The normalized spacial score (nSPS) is 14.5. The fourth-order valence-electron chi connectivity index (χ4n) is 7.83. The number of para-hydroxylation sites is 4. The second kappa shape index (κ2) is 14.8. The standard InChI is InChI=1S/C46H24F12N8/c47-43(48,49)25-9-5-13-29(21-25)63-37-38(60-34-18-2-1-17-33(34)59-37)64(30-14-6-10-26(22-30)44(50,51)52)41(63)42-65(31-15-7-11-27(23-31)45(53,54)55)39-40(62-36-20-4-3-19-35(36)61-39)66(42)32-16-8-12-28(24-32)46(56,57)58/h1-24H. The zero-order valence-electron chi connectivity index (χ0n) is 33.0. The first kappa shape index (κ1) is 42.1. The number of rotatable bonds is 4. The Hall–Kier alpha value is -7.90. The molecule has 10 rings (SSSR count). The van der Waals surface area contributed by atoms with Gasteiger partial charge in [0.1, 0.15) is 0 Å². The van der Waals surface area contributed by atoms with E-state index in [1.807, 2.05) is 0 Å². The number of alkyl halides is 12. The van der Waals surface area contributed by atoms with Gasteiger partial charge in [-0.3, -0.25) is 19.6 Å². The van der Waals surface area contributed by atoms with Gasteiger partial charge in [0, 0.05) is 22.7 Å². The summed E-state index contributed by atoms with van der Waals surface area (Å²) in [6, 6.07) is 27.4. The van der Waals surface area contributed by atoms with Crippen LogP contribution in [0.1, 0.15) is 22.3 Å². The van der Waals surface area contributed by atoms with Crippen LogP contribution < -0.4 is 19.6 Å². The first-order valence-corrected chi connectivity index (χ1v) is 19.4. The van der Waals surface area contributed by atoms with Gasteiger partial charge in [0.25, 0.3) is 0 Å². The molecule has 4 heterocycles. The summed E-state index contributed by atoms with van der Waals surface area (Å²) in [4.78, 5) is 23.5. The van der Waals surface area contributed by atoms with E-state index in [9.17, 15) is 52.7 Å². The molecule has 0 aliphatic carbocycles. The molecular formula is C46H24F12N8. The minimum absolute atomic E-state index is 0.164. The van der Waals surface area contributed by atoms with E-state index in [2.05, 4.69) is 0 Å². The predicted molar refractivity (Wildman–Crippen MR) is 220 cm³/mol. The Morgan fingerprint density at radius 2 is 0.485 bits per heavy atom. The smallest absolute Gasteiger partial charge is 0.274 e. The maximum Gasteiger partial charge on any atom is 0.416 e. The molecule has 0 N–H and O–H groups in total. The molecule has 6 aromatic carbocycles. The van der Waals surface area contributed by atoms with Crippen LogP contribution in [0.25, 0.3) is 22.1 Å². The van der Waals surface area contributed by atoms with Gasteiger partial charge in [0.05, 0.1) is 44.3 Å². The van der Waals surface area contributed by atoms with Gasteiger partial charge in [-0.25, -0.2) is 19.9 Å².